The summed E-state index contributed by atoms with van der Waals surface area (Å²) < 4.78 is 10.7. The molecule has 5 heteroatoms. The number of ether oxygens (including phenoxy) is 1. The molecule has 98 valence electrons. The summed E-state index contributed by atoms with van der Waals surface area (Å²) in [7, 11) is 0. The van der Waals surface area contributed by atoms with Crippen LogP contribution in [0.15, 0.2) is 4.52 Å². The van der Waals surface area contributed by atoms with Crippen molar-refractivity contribution in [3.63, 3.8) is 0 Å². The van der Waals surface area contributed by atoms with Crippen molar-refractivity contribution in [1.82, 2.24) is 10.1 Å². The molecule has 0 saturated carbocycles. The Bertz CT molecular complexity index is 314. The van der Waals surface area contributed by atoms with E-state index in [4.69, 9.17) is 15.0 Å². The molecular formula is C12H23N3O2. The normalized spacial score (nSPS) is 14.8. The lowest BCUT2D eigenvalue weighted by Gasteiger charge is -2.09. The maximum atomic E-state index is 5.97. The molecule has 1 aromatic heterocycles. The first kappa shape index (κ1) is 14.1. The van der Waals surface area contributed by atoms with Crippen LogP contribution in [-0.4, -0.2) is 16.7 Å². The third-order valence-electron chi connectivity index (χ3n) is 2.67. The van der Waals surface area contributed by atoms with Crippen LogP contribution in [-0.2, 0) is 4.74 Å². The van der Waals surface area contributed by atoms with E-state index in [9.17, 15) is 0 Å². The Labute approximate surface area is 103 Å². The maximum absolute atomic E-state index is 5.97. The van der Waals surface area contributed by atoms with Crippen molar-refractivity contribution in [3.8, 4) is 0 Å². The fourth-order valence-electron chi connectivity index (χ4n) is 1.65. The van der Waals surface area contributed by atoms with Crippen molar-refractivity contribution in [1.29, 1.82) is 0 Å². The SMILES string of the molecule is CCCCC(N)c1nc(C(CC)OCC)no1. The summed E-state index contributed by atoms with van der Waals surface area (Å²) >= 11 is 0. The molecule has 0 aliphatic rings. The van der Waals surface area contributed by atoms with Crippen LogP contribution in [0, 0.1) is 0 Å². The summed E-state index contributed by atoms with van der Waals surface area (Å²) in [4.78, 5) is 4.33. The average molecular weight is 241 g/mol. The summed E-state index contributed by atoms with van der Waals surface area (Å²) in [5.41, 5.74) is 5.97. The second kappa shape index (κ2) is 7.40. The highest BCUT2D eigenvalue weighted by Crippen LogP contribution is 2.21. The number of nitrogens with two attached hydrogens (primary N) is 1. The van der Waals surface area contributed by atoms with Gasteiger partial charge in [-0.15, -0.1) is 0 Å². The molecule has 0 radical (unpaired) electrons. The molecule has 2 atom stereocenters. The van der Waals surface area contributed by atoms with Crippen molar-refractivity contribution in [2.24, 2.45) is 5.73 Å². The lowest BCUT2D eigenvalue weighted by molar-refractivity contribution is 0.0518. The minimum Gasteiger partial charge on any atom is -0.370 e. The van der Waals surface area contributed by atoms with Gasteiger partial charge in [-0.2, -0.15) is 4.98 Å². The molecule has 0 aliphatic heterocycles. The zero-order valence-corrected chi connectivity index (χ0v) is 11.0. The highest BCUT2D eigenvalue weighted by atomic mass is 16.5. The molecule has 5 nitrogen and oxygen atoms in total. The Kier molecular flexibility index (Phi) is 6.15. The maximum Gasteiger partial charge on any atom is 0.243 e. The van der Waals surface area contributed by atoms with E-state index in [0.29, 0.717) is 18.3 Å². The highest BCUT2D eigenvalue weighted by Gasteiger charge is 2.19. The zero-order valence-electron chi connectivity index (χ0n) is 11.0. The highest BCUT2D eigenvalue weighted by molar-refractivity contribution is 4.94. The van der Waals surface area contributed by atoms with Gasteiger partial charge in [0.25, 0.3) is 0 Å². The molecule has 1 aromatic rings. The Morgan fingerprint density at radius 2 is 2.12 bits per heavy atom. The lowest BCUT2D eigenvalue weighted by Crippen LogP contribution is -2.11. The second-order valence-corrected chi connectivity index (χ2v) is 4.09. The third-order valence-corrected chi connectivity index (χ3v) is 2.67. The molecule has 0 spiro atoms. The van der Waals surface area contributed by atoms with Crippen LogP contribution in [0.2, 0.25) is 0 Å². The van der Waals surface area contributed by atoms with Gasteiger partial charge in [0.15, 0.2) is 0 Å². The molecule has 2 unspecified atom stereocenters. The van der Waals surface area contributed by atoms with E-state index in [1.165, 1.54) is 0 Å². The average Bonchev–Trinajstić information content (AvgIpc) is 2.82. The number of rotatable bonds is 8. The topological polar surface area (TPSA) is 74.2 Å². The van der Waals surface area contributed by atoms with Crippen LogP contribution in [0.4, 0.5) is 0 Å². The number of aromatic nitrogens is 2. The third kappa shape index (κ3) is 4.09. The minimum absolute atomic E-state index is 0.0872. The van der Waals surface area contributed by atoms with Gasteiger partial charge in [-0.1, -0.05) is 31.8 Å². The van der Waals surface area contributed by atoms with E-state index < -0.39 is 0 Å². The fraction of sp³-hybridized carbons (Fsp3) is 0.833. The fourth-order valence-corrected chi connectivity index (χ4v) is 1.65. The second-order valence-electron chi connectivity index (χ2n) is 4.09. The van der Waals surface area contributed by atoms with Crippen molar-refractivity contribution in [3.05, 3.63) is 11.7 Å². The van der Waals surface area contributed by atoms with Crippen molar-refractivity contribution >= 4 is 0 Å². The van der Waals surface area contributed by atoms with Gasteiger partial charge in [-0.3, -0.25) is 0 Å². The summed E-state index contributed by atoms with van der Waals surface area (Å²) in [6, 6.07) is -0.157. The summed E-state index contributed by atoms with van der Waals surface area (Å²) in [6.07, 6.45) is 3.81. The monoisotopic (exact) mass is 241 g/mol. The summed E-state index contributed by atoms with van der Waals surface area (Å²) in [6.45, 7) is 6.77. The molecule has 0 fully saturated rings. The van der Waals surface area contributed by atoms with Crippen molar-refractivity contribution < 1.29 is 9.26 Å². The molecule has 0 saturated heterocycles. The van der Waals surface area contributed by atoms with Gasteiger partial charge in [0.2, 0.25) is 11.7 Å². The van der Waals surface area contributed by atoms with E-state index in [1.54, 1.807) is 0 Å². The molecule has 17 heavy (non-hydrogen) atoms. The minimum atomic E-state index is -0.157. The van der Waals surface area contributed by atoms with Crippen molar-refractivity contribution in [2.75, 3.05) is 6.61 Å². The van der Waals surface area contributed by atoms with E-state index >= 15 is 0 Å². The summed E-state index contributed by atoms with van der Waals surface area (Å²) in [5.74, 6) is 1.13. The van der Waals surface area contributed by atoms with Gasteiger partial charge >= 0.3 is 0 Å². The first-order chi connectivity index (χ1) is 8.22. The van der Waals surface area contributed by atoms with E-state index in [-0.39, 0.29) is 12.1 Å². The van der Waals surface area contributed by atoms with Gasteiger partial charge in [-0.25, -0.2) is 0 Å². The Morgan fingerprint density at radius 1 is 1.35 bits per heavy atom. The standard InChI is InChI=1S/C12H23N3O2/c1-4-7-8-9(13)12-14-11(15-17-12)10(5-2)16-6-3/h9-10H,4-8,13H2,1-3H3. The largest absolute Gasteiger partial charge is 0.370 e. The molecular weight excluding hydrogens is 218 g/mol. The first-order valence-corrected chi connectivity index (χ1v) is 6.43. The predicted molar refractivity (Wildman–Crippen MR) is 65.4 cm³/mol. The molecule has 1 heterocycles. The Hall–Kier alpha value is -0.940. The van der Waals surface area contributed by atoms with Crippen LogP contribution < -0.4 is 5.73 Å². The molecule has 1 rings (SSSR count). The van der Waals surface area contributed by atoms with Crippen LogP contribution >= 0.6 is 0 Å². The smallest absolute Gasteiger partial charge is 0.243 e. The summed E-state index contributed by atoms with van der Waals surface area (Å²) in [5, 5.41) is 3.94. The number of hydrogen-bond donors (Lipinski definition) is 1. The Balaban J connectivity index is 2.62. The quantitative estimate of drug-likeness (QED) is 0.757. The van der Waals surface area contributed by atoms with E-state index in [2.05, 4.69) is 17.1 Å². The lowest BCUT2D eigenvalue weighted by atomic mass is 10.1. The molecule has 0 aromatic carbocycles. The van der Waals surface area contributed by atoms with Crippen LogP contribution in [0.1, 0.15) is 70.3 Å². The predicted octanol–water partition coefficient (Wildman–Crippen LogP) is 2.75. The van der Waals surface area contributed by atoms with Gasteiger partial charge in [-0.05, 0) is 19.8 Å². The van der Waals surface area contributed by atoms with Gasteiger partial charge in [0, 0.05) is 6.61 Å². The first-order valence-electron chi connectivity index (χ1n) is 6.43. The van der Waals surface area contributed by atoms with Crippen LogP contribution in [0.25, 0.3) is 0 Å². The van der Waals surface area contributed by atoms with Crippen molar-refractivity contribution in [2.45, 2.75) is 58.6 Å². The molecule has 0 aliphatic carbocycles. The van der Waals surface area contributed by atoms with E-state index in [1.807, 2.05) is 13.8 Å². The molecule has 0 bridgehead atoms. The number of hydrogen-bond acceptors (Lipinski definition) is 5. The van der Waals surface area contributed by atoms with Crippen LogP contribution in [0.3, 0.4) is 0 Å². The Morgan fingerprint density at radius 3 is 2.71 bits per heavy atom. The van der Waals surface area contributed by atoms with Gasteiger partial charge < -0.3 is 15.0 Å². The van der Waals surface area contributed by atoms with E-state index in [0.717, 1.165) is 25.7 Å². The van der Waals surface area contributed by atoms with Gasteiger partial charge in [0.1, 0.15) is 6.10 Å². The number of nitrogens with zero attached hydrogens (tertiary/aromatic N) is 2. The number of unbranched alkanes of at least 4 members (excludes halogenated alkanes) is 1. The zero-order chi connectivity index (χ0) is 12.7. The molecule has 2 N–H and O–H groups in total. The van der Waals surface area contributed by atoms with Crippen LogP contribution in [0.5, 0.6) is 0 Å². The molecule has 0 amide bonds. The van der Waals surface area contributed by atoms with Gasteiger partial charge in [0.05, 0.1) is 6.04 Å².